The van der Waals surface area contributed by atoms with Gasteiger partial charge in [-0.1, -0.05) is 54.6 Å². The minimum absolute atomic E-state index is 0.265. The van der Waals surface area contributed by atoms with E-state index in [1.807, 2.05) is 48.5 Å². The van der Waals surface area contributed by atoms with Crippen LogP contribution >= 0.6 is 0 Å². The molecule has 25 heavy (non-hydrogen) atoms. The Morgan fingerprint density at radius 2 is 1.56 bits per heavy atom. The van der Waals surface area contributed by atoms with Gasteiger partial charge in [0.2, 0.25) is 0 Å². The Hall–Kier alpha value is -3.12. The molecule has 0 saturated carbocycles. The van der Waals surface area contributed by atoms with Gasteiger partial charge < -0.3 is 9.47 Å². The molecule has 0 heterocycles. The Labute approximate surface area is 146 Å². The van der Waals surface area contributed by atoms with Crippen LogP contribution in [0.25, 0.3) is 5.57 Å². The predicted molar refractivity (Wildman–Crippen MR) is 93.6 cm³/mol. The maximum Gasteiger partial charge on any atom is 0.341 e. The fourth-order valence-electron chi connectivity index (χ4n) is 2.30. The molecule has 6 heteroatoms. The Balaban J connectivity index is 2.64. The van der Waals surface area contributed by atoms with Crippen molar-refractivity contribution in [3.05, 3.63) is 77.5 Å². The third kappa shape index (κ3) is 4.45. The van der Waals surface area contributed by atoms with E-state index in [-0.39, 0.29) is 5.57 Å². The summed E-state index contributed by atoms with van der Waals surface area (Å²) in [5.41, 5.74) is 2.83. The number of hydrogen-bond donors (Lipinski definition) is 0. The molecule has 6 nitrogen and oxygen atoms in total. The van der Waals surface area contributed by atoms with Crippen LogP contribution in [0.15, 0.2) is 66.0 Å². The van der Waals surface area contributed by atoms with E-state index in [1.54, 1.807) is 6.07 Å². The number of benzene rings is 2. The third-order valence-electron chi connectivity index (χ3n) is 3.36. The Morgan fingerprint density at radius 1 is 0.920 bits per heavy atom. The predicted octanol–water partition coefficient (Wildman–Crippen LogP) is 3.18. The summed E-state index contributed by atoms with van der Waals surface area (Å²) in [4.78, 5) is 21.6. The van der Waals surface area contributed by atoms with Gasteiger partial charge in [-0.2, -0.15) is 4.89 Å². The van der Waals surface area contributed by atoms with Gasteiger partial charge >= 0.3 is 5.97 Å². The smallest absolute Gasteiger partial charge is 0.341 e. The molecule has 0 bridgehead atoms. The molecule has 0 spiro atoms. The summed E-state index contributed by atoms with van der Waals surface area (Å²) in [6.07, 6.45) is 1.34. The zero-order valence-electron chi connectivity index (χ0n) is 14.3. The van der Waals surface area contributed by atoms with Crippen LogP contribution in [0.5, 0.6) is 0 Å². The number of hydrogen-bond acceptors (Lipinski definition) is 6. The van der Waals surface area contributed by atoms with Crippen molar-refractivity contribution in [1.82, 2.24) is 0 Å². The first-order valence-electron chi connectivity index (χ1n) is 7.47. The van der Waals surface area contributed by atoms with E-state index in [9.17, 15) is 4.79 Å². The molecule has 0 fully saturated rings. The second kappa shape index (κ2) is 9.24. The quantitative estimate of drug-likeness (QED) is 0.193. The molecule has 0 aliphatic rings. The largest absolute Gasteiger partial charge is 0.503 e. The van der Waals surface area contributed by atoms with Gasteiger partial charge in [0.05, 0.1) is 27.6 Å². The highest BCUT2D eigenvalue weighted by Crippen LogP contribution is 2.24. The number of oxime groups is 1. The summed E-state index contributed by atoms with van der Waals surface area (Å²) < 4.78 is 9.90. The first-order valence-corrected chi connectivity index (χ1v) is 7.47. The van der Waals surface area contributed by atoms with Crippen molar-refractivity contribution in [3.63, 3.8) is 0 Å². The van der Waals surface area contributed by atoms with Crippen molar-refractivity contribution < 1.29 is 24.1 Å². The van der Waals surface area contributed by atoms with Crippen LogP contribution in [0, 0.1) is 0 Å². The summed E-state index contributed by atoms with van der Waals surface area (Å²) in [6, 6.07) is 16.7. The van der Waals surface area contributed by atoms with E-state index in [1.165, 1.54) is 27.6 Å². The molecule has 0 radical (unpaired) electrons. The fourth-order valence-corrected chi connectivity index (χ4v) is 2.30. The lowest BCUT2D eigenvalue weighted by atomic mass is 9.93. The molecule has 0 saturated heterocycles. The van der Waals surface area contributed by atoms with E-state index < -0.39 is 5.97 Å². The van der Waals surface area contributed by atoms with Crippen molar-refractivity contribution in [2.45, 2.75) is 0 Å². The highest BCUT2D eigenvalue weighted by Gasteiger charge is 2.20. The third-order valence-corrected chi connectivity index (χ3v) is 3.36. The van der Waals surface area contributed by atoms with Crippen LogP contribution in [-0.2, 0) is 24.1 Å². The highest BCUT2D eigenvalue weighted by molar-refractivity contribution is 6.22. The Kier molecular flexibility index (Phi) is 6.74. The van der Waals surface area contributed by atoms with Crippen LogP contribution in [0.3, 0.4) is 0 Å². The van der Waals surface area contributed by atoms with E-state index in [0.717, 1.165) is 5.56 Å². The van der Waals surface area contributed by atoms with Crippen LogP contribution in [0.2, 0.25) is 0 Å². The van der Waals surface area contributed by atoms with Crippen LogP contribution in [0.1, 0.15) is 16.7 Å². The fraction of sp³-hybridized carbons (Fsp3) is 0.158. The van der Waals surface area contributed by atoms with Crippen molar-refractivity contribution >= 4 is 17.3 Å². The van der Waals surface area contributed by atoms with Gasteiger partial charge in [0, 0.05) is 16.7 Å². The zero-order valence-corrected chi connectivity index (χ0v) is 14.3. The zero-order chi connectivity index (χ0) is 18.1. The highest BCUT2D eigenvalue weighted by atomic mass is 17.3. The van der Waals surface area contributed by atoms with Crippen molar-refractivity contribution in [1.29, 1.82) is 0 Å². The normalized spacial score (nSPS) is 11.8. The number of nitrogens with zero attached hydrogens (tertiary/aromatic N) is 1. The number of rotatable bonds is 7. The number of carbonyl (C=O) groups is 1. The molecule has 0 amide bonds. The van der Waals surface area contributed by atoms with E-state index in [0.29, 0.717) is 16.8 Å². The van der Waals surface area contributed by atoms with Crippen LogP contribution in [0.4, 0.5) is 0 Å². The maximum absolute atomic E-state index is 12.2. The number of methoxy groups -OCH3 is 2. The molecule has 0 aliphatic heterocycles. The van der Waals surface area contributed by atoms with Crippen LogP contribution in [-0.4, -0.2) is 33.0 Å². The molecule has 0 aliphatic carbocycles. The number of esters is 1. The van der Waals surface area contributed by atoms with Crippen molar-refractivity contribution in [3.8, 4) is 0 Å². The summed E-state index contributed by atoms with van der Waals surface area (Å²) >= 11 is 0. The second-order valence-electron chi connectivity index (χ2n) is 4.85. The molecule has 0 aromatic heterocycles. The molecule has 2 rings (SSSR count). The molecule has 0 N–H and O–H groups in total. The standard InChI is InChI=1S/C19H19NO5/c1-22-13-17(19(21)23-2)15-11-7-8-12-16(15)18(20-25-24-3)14-9-5-4-6-10-14/h4-13H,1-3H3. The SMILES string of the molecule is COC=C(C(=O)OC)c1ccccc1C(=NOOC)c1ccccc1. The molecule has 0 unspecified atom stereocenters. The first-order chi connectivity index (χ1) is 12.2. The van der Waals surface area contributed by atoms with Gasteiger partial charge in [0.15, 0.2) is 0 Å². The van der Waals surface area contributed by atoms with Gasteiger partial charge in [-0.05, 0) is 5.16 Å². The Bertz CT molecular complexity index is 768. The lowest BCUT2D eigenvalue weighted by molar-refractivity contribution is -0.273. The molecule has 130 valence electrons. The second-order valence-corrected chi connectivity index (χ2v) is 4.85. The van der Waals surface area contributed by atoms with E-state index in [4.69, 9.17) is 14.5 Å². The average molecular weight is 341 g/mol. The lowest BCUT2D eigenvalue weighted by Gasteiger charge is -2.13. The van der Waals surface area contributed by atoms with Gasteiger partial charge in [-0.25, -0.2) is 9.78 Å². The number of ether oxygens (including phenoxy) is 2. The summed E-state index contributed by atoms with van der Waals surface area (Å²) in [6.45, 7) is 0. The van der Waals surface area contributed by atoms with Gasteiger partial charge in [-0.15, -0.1) is 0 Å². The van der Waals surface area contributed by atoms with Gasteiger partial charge in [0.1, 0.15) is 11.3 Å². The van der Waals surface area contributed by atoms with Gasteiger partial charge in [0.25, 0.3) is 0 Å². The van der Waals surface area contributed by atoms with Gasteiger partial charge in [-0.3, -0.25) is 0 Å². The summed E-state index contributed by atoms with van der Waals surface area (Å²) in [7, 11) is 4.14. The van der Waals surface area contributed by atoms with Crippen molar-refractivity contribution in [2.24, 2.45) is 5.16 Å². The minimum Gasteiger partial charge on any atom is -0.503 e. The summed E-state index contributed by atoms with van der Waals surface area (Å²) in [5, 5.41) is 4.05. The molecule has 2 aromatic rings. The molecular weight excluding hydrogens is 322 g/mol. The molecule has 0 atom stereocenters. The molecule has 2 aromatic carbocycles. The average Bonchev–Trinajstić information content (AvgIpc) is 2.67. The Morgan fingerprint density at radius 3 is 2.16 bits per heavy atom. The minimum atomic E-state index is -0.519. The monoisotopic (exact) mass is 341 g/mol. The number of carbonyl (C=O) groups excluding carboxylic acids is 1. The lowest BCUT2D eigenvalue weighted by Crippen LogP contribution is -2.12. The maximum atomic E-state index is 12.2. The first kappa shape index (κ1) is 18.2. The van der Waals surface area contributed by atoms with E-state index >= 15 is 0 Å². The van der Waals surface area contributed by atoms with Crippen LogP contribution < -0.4 is 0 Å². The van der Waals surface area contributed by atoms with E-state index in [2.05, 4.69) is 10.0 Å². The topological polar surface area (TPSA) is 66.4 Å². The van der Waals surface area contributed by atoms with Crippen molar-refractivity contribution in [2.75, 3.05) is 21.3 Å². The molecular formula is C19H19NO5. The summed E-state index contributed by atoms with van der Waals surface area (Å²) in [5.74, 6) is -0.519.